The van der Waals surface area contributed by atoms with Crippen molar-refractivity contribution in [3.63, 3.8) is 0 Å². The second-order valence-electron chi connectivity index (χ2n) is 7.14. The van der Waals surface area contributed by atoms with Gasteiger partial charge >= 0.3 is 5.97 Å². The SMILES string of the molecule is CC[C@H](O)C[C@@H](O)c1c(CC(=O)OC)cc2c(c1O)C(=O)c1c(O)cccc1C2=O. The smallest absolute Gasteiger partial charge is 0.309 e. The van der Waals surface area contributed by atoms with Crippen LogP contribution in [0.25, 0.3) is 0 Å². The number of fused-ring (bicyclic) bond motifs is 2. The summed E-state index contributed by atoms with van der Waals surface area (Å²) in [7, 11) is 1.17. The number of carbonyl (C=O) groups excluding carboxylic acids is 3. The lowest BCUT2D eigenvalue weighted by Gasteiger charge is -2.25. The number of phenols is 2. The van der Waals surface area contributed by atoms with Crippen LogP contribution >= 0.6 is 0 Å². The second kappa shape index (κ2) is 8.25. The Morgan fingerprint density at radius 1 is 1.07 bits per heavy atom. The molecule has 0 aliphatic heterocycles. The van der Waals surface area contributed by atoms with Crippen LogP contribution in [0, 0.1) is 0 Å². The number of ether oxygens (including phenoxy) is 1. The van der Waals surface area contributed by atoms with Gasteiger partial charge in [0.2, 0.25) is 5.78 Å². The zero-order valence-corrected chi connectivity index (χ0v) is 16.5. The molecule has 0 amide bonds. The van der Waals surface area contributed by atoms with Crippen LogP contribution in [-0.2, 0) is 16.0 Å². The summed E-state index contributed by atoms with van der Waals surface area (Å²) in [5.74, 6) is -3.12. The van der Waals surface area contributed by atoms with Gasteiger partial charge in [-0.3, -0.25) is 14.4 Å². The molecule has 1 aliphatic rings. The number of aliphatic hydroxyl groups is 2. The maximum absolute atomic E-state index is 13.0. The fourth-order valence-electron chi connectivity index (χ4n) is 3.67. The third kappa shape index (κ3) is 3.55. The molecule has 0 aromatic heterocycles. The number of rotatable bonds is 6. The van der Waals surface area contributed by atoms with E-state index in [4.69, 9.17) is 0 Å². The molecular weight excluding hydrogens is 392 g/mol. The molecule has 8 heteroatoms. The van der Waals surface area contributed by atoms with Crippen LogP contribution in [0.3, 0.4) is 0 Å². The minimum Gasteiger partial charge on any atom is -0.507 e. The number of aromatic hydroxyl groups is 2. The molecule has 0 spiro atoms. The molecule has 2 atom stereocenters. The van der Waals surface area contributed by atoms with Crippen LogP contribution in [0.5, 0.6) is 11.5 Å². The van der Waals surface area contributed by atoms with Crippen LogP contribution in [0.15, 0.2) is 24.3 Å². The lowest BCUT2D eigenvalue weighted by atomic mass is 9.79. The van der Waals surface area contributed by atoms with E-state index in [2.05, 4.69) is 4.74 Å². The van der Waals surface area contributed by atoms with Gasteiger partial charge in [0.25, 0.3) is 0 Å². The van der Waals surface area contributed by atoms with Gasteiger partial charge in [-0.05, 0) is 24.1 Å². The predicted molar refractivity (Wildman–Crippen MR) is 105 cm³/mol. The van der Waals surface area contributed by atoms with E-state index >= 15 is 0 Å². The Morgan fingerprint density at radius 3 is 2.40 bits per heavy atom. The number of esters is 1. The van der Waals surface area contributed by atoms with Crippen molar-refractivity contribution < 1.29 is 39.5 Å². The Kier molecular flexibility index (Phi) is 5.91. The van der Waals surface area contributed by atoms with Crippen molar-refractivity contribution in [3.05, 3.63) is 57.6 Å². The van der Waals surface area contributed by atoms with Crippen molar-refractivity contribution in [1.29, 1.82) is 0 Å². The molecule has 2 aromatic carbocycles. The maximum atomic E-state index is 13.0. The molecule has 1 aliphatic carbocycles. The van der Waals surface area contributed by atoms with Gasteiger partial charge in [0, 0.05) is 23.1 Å². The number of phenolic OH excluding ortho intramolecular Hbond substituents is 2. The highest BCUT2D eigenvalue weighted by molar-refractivity contribution is 6.30. The Morgan fingerprint density at radius 2 is 1.77 bits per heavy atom. The highest BCUT2D eigenvalue weighted by atomic mass is 16.5. The van der Waals surface area contributed by atoms with Gasteiger partial charge in [0.05, 0.1) is 36.9 Å². The van der Waals surface area contributed by atoms with Crippen molar-refractivity contribution in [2.75, 3.05) is 7.11 Å². The monoisotopic (exact) mass is 414 g/mol. The van der Waals surface area contributed by atoms with E-state index in [1.165, 1.54) is 31.4 Å². The fourth-order valence-corrected chi connectivity index (χ4v) is 3.67. The van der Waals surface area contributed by atoms with E-state index in [1.54, 1.807) is 6.92 Å². The van der Waals surface area contributed by atoms with Crippen LogP contribution < -0.4 is 0 Å². The van der Waals surface area contributed by atoms with E-state index in [-0.39, 0.29) is 46.2 Å². The predicted octanol–water partition coefficient (Wildman–Crippen LogP) is 1.78. The number of ketones is 2. The zero-order valence-electron chi connectivity index (χ0n) is 16.5. The summed E-state index contributed by atoms with van der Waals surface area (Å²) in [5.41, 5.74) is -0.778. The van der Waals surface area contributed by atoms with Crippen LogP contribution in [-0.4, -0.2) is 51.2 Å². The molecule has 158 valence electrons. The van der Waals surface area contributed by atoms with E-state index in [1.807, 2.05) is 0 Å². The first kappa shape index (κ1) is 21.5. The second-order valence-corrected chi connectivity index (χ2v) is 7.14. The van der Waals surface area contributed by atoms with Gasteiger partial charge in [0.15, 0.2) is 5.78 Å². The summed E-state index contributed by atoms with van der Waals surface area (Å²) >= 11 is 0. The number of hydrogen-bond donors (Lipinski definition) is 4. The average molecular weight is 414 g/mol. The van der Waals surface area contributed by atoms with Crippen LogP contribution in [0.4, 0.5) is 0 Å². The van der Waals surface area contributed by atoms with Crippen molar-refractivity contribution in [2.45, 2.75) is 38.4 Å². The van der Waals surface area contributed by atoms with Crippen LogP contribution in [0.1, 0.15) is 68.8 Å². The molecule has 0 bridgehead atoms. The summed E-state index contributed by atoms with van der Waals surface area (Å²) < 4.78 is 4.66. The number of hydrogen-bond acceptors (Lipinski definition) is 8. The molecule has 0 fully saturated rings. The van der Waals surface area contributed by atoms with Gasteiger partial charge < -0.3 is 25.2 Å². The number of benzene rings is 2. The van der Waals surface area contributed by atoms with Crippen LogP contribution in [0.2, 0.25) is 0 Å². The molecule has 8 nitrogen and oxygen atoms in total. The van der Waals surface area contributed by atoms with E-state index in [0.29, 0.717) is 6.42 Å². The van der Waals surface area contributed by atoms with Gasteiger partial charge in [0.1, 0.15) is 11.5 Å². The fraction of sp³-hybridized carbons (Fsp3) is 0.318. The molecule has 2 aromatic rings. The molecule has 0 radical (unpaired) electrons. The van der Waals surface area contributed by atoms with Crippen molar-refractivity contribution in [3.8, 4) is 11.5 Å². The lowest BCUT2D eigenvalue weighted by molar-refractivity contribution is -0.139. The quantitative estimate of drug-likeness (QED) is 0.447. The minimum atomic E-state index is -1.40. The van der Waals surface area contributed by atoms with Gasteiger partial charge in [-0.25, -0.2) is 0 Å². The Bertz CT molecular complexity index is 1040. The number of aliphatic hydroxyl groups excluding tert-OH is 2. The lowest BCUT2D eigenvalue weighted by Crippen LogP contribution is -2.24. The van der Waals surface area contributed by atoms with Gasteiger partial charge in [-0.2, -0.15) is 0 Å². The first-order valence-electron chi connectivity index (χ1n) is 9.44. The van der Waals surface area contributed by atoms with E-state index in [0.717, 1.165) is 0 Å². The number of carbonyl (C=O) groups is 3. The minimum absolute atomic E-state index is 0.0226. The van der Waals surface area contributed by atoms with Crippen molar-refractivity contribution in [2.24, 2.45) is 0 Å². The van der Waals surface area contributed by atoms with Crippen molar-refractivity contribution in [1.82, 2.24) is 0 Å². The molecule has 4 N–H and O–H groups in total. The third-order valence-electron chi connectivity index (χ3n) is 5.27. The zero-order chi connectivity index (χ0) is 22.2. The topological polar surface area (TPSA) is 141 Å². The molecule has 0 heterocycles. The highest BCUT2D eigenvalue weighted by Gasteiger charge is 2.37. The summed E-state index contributed by atoms with van der Waals surface area (Å²) in [6.07, 6.45) is -2.46. The van der Waals surface area contributed by atoms with Gasteiger partial charge in [-0.1, -0.05) is 19.1 Å². The summed E-state index contributed by atoms with van der Waals surface area (Å²) in [5, 5.41) is 41.6. The first-order chi connectivity index (χ1) is 14.2. The molecule has 0 saturated carbocycles. The van der Waals surface area contributed by atoms with E-state index in [9.17, 15) is 34.8 Å². The third-order valence-corrected chi connectivity index (χ3v) is 5.27. The maximum Gasteiger partial charge on any atom is 0.309 e. The molecular formula is C22H22O8. The van der Waals surface area contributed by atoms with Gasteiger partial charge in [-0.15, -0.1) is 0 Å². The Balaban J connectivity index is 2.25. The summed E-state index contributed by atoms with van der Waals surface area (Å²) in [6, 6.07) is 5.33. The largest absolute Gasteiger partial charge is 0.507 e. The normalized spacial score (nSPS) is 14.7. The van der Waals surface area contributed by atoms with Crippen molar-refractivity contribution >= 4 is 17.5 Å². The highest BCUT2D eigenvalue weighted by Crippen LogP contribution is 2.42. The molecule has 0 unspecified atom stereocenters. The Labute approximate surface area is 172 Å². The first-order valence-corrected chi connectivity index (χ1v) is 9.44. The van der Waals surface area contributed by atoms with E-state index < -0.39 is 41.2 Å². The molecule has 3 rings (SSSR count). The summed E-state index contributed by atoms with van der Waals surface area (Å²) in [6.45, 7) is 1.71. The molecule has 0 saturated heterocycles. The molecule has 30 heavy (non-hydrogen) atoms. The Hall–Kier alpha value is -3.23. The standard InChI is InChI=1S/C22H22O8/c1-3-11(23)9-15(25)17-10(8-16(26)30-2)7-13-19(21(17)28)22(29)18-12(20(13)27)5-4-6-14(18)24/h4-7,11,15,23-25,28H,3,8-9H2,1-2H3/t11-,15+/m0/s1. The average Bonchev–Trinajstić information content (AvgIpc) is 2.71. The number of methoxy groups -OCH3 is 1. The summed E-state index contributed by atoms with van der Waals surface area (Å²) in [4.78, 5) is 37.9.